The van der Waals surface area contributed by atoms with Gasteiger partial charge in [-0.3, -0.25) is 4.98 Å². The molecule has 3 aromatic rings. The molecule has 1 saturated heterocycles. The molecule has 154 valence electrons. The first-order valence-corrected chi connectivity index (χ1v) is 10.1. The Morgan fingerprint density at radius 2 is 1.63 bits per heavy atom. The summed E-state index contributed by atoms with van der Waals surface area (Å²) < 4.78 is 0. The van der Waals surface area contributed by atoms with Crippen molar-refractivity contribution in [3.05, 3.63) is 66.5 Å². The summed E-state index contributed by atoms with van der Waals surface area (Å²) in [5.74, 6) is 1.49. The lowest BCUT2D eigenvalue weighted by molar-refractivity contribution is 0.208. The highest BCUT2D eigenvalue weighted by Gasteiger charge is 2.22. The van der Waals surface area contributed by atoms with Gasteiger partial charge in [0.25, 0.3) is 0 Å². The molecule has 2 N–H and O–H groups in total. The highest BCUT2D eigenvalue weighted by Crippen LogP contribution is 2.18. The Labute approximate surface area is 176 Å². The number of piperazine rings is 1. The smallest absolute Gasteiger partial charge is 0.321 e. The molecule has 4 rings (SSSR count). The van der Waals surface area contributed by atoms with Crippen LogP contribution < -0.4 is 15.5 Å². The van der Waals surface area contributed by atoms with Crippen molar-refractivity contribution >= 4 is 29.0 Å². The maximum Gasteiger partial charge on any atom is 0.321 e. The number of hydrogen-bond donors (Lipinski definition) is 2. The fourth-order valence-electron chi connectivity index (χ4n) is 3.31. The van der Waals surface area contributed by atoms with E-state index in [0.717, 1.165) is 23.6 Å². The summed E-state index contributed by atoms with van der Waals surface area (Å²) in [6, 6.07) is 15.5. The summed E-state index contributed by atoms with van der Waals surface area (Å²) in [6.45, 7) is 4.82. The van der Waals surface area contributed by atoms with Gasteiger partial charge in [0.1, 0.15) is 0 Å². The minimum absolute atomic E-state index is 0.0677. The number of amides is 2. The van der Waals surface area contributed by atoms with E-state index in [4.69, 9.17) is 0 Å². The van der Waals surface area contributed by atoms with Crippen molar-refractivity contribution in [2.75, 3.05) is 41.7 Å². The van der Waals surface area contributed by atoms with Gasteiger partial charge in [-0.2, -0.15) is 0 Å². The average Bonchev–Trinajstić information content (AvgIpc) is 2.81. The number of carbonyl (C=O) groups excluding carboxylic acids is 1. The number of aromatic nitrogens is 3. The van der Waals surface area contributed by atoms with E-state index in [2.05, 4.69) is 37.6 Å². The number of benzene rings is 1. The third kappa shape index (κ3) is 4.83. The van der Waals surface area contributed by atoms with Crippen LogP contribution in [0.25, 0.3) is 0 Å². The summed E-state index contributed by atoms with van der Waals surface area (Å²) >= 11 is 0. The van der Waals surface area contributed by atoms with Crippen molar-refractivity contribution in [2.24, 2.45) is 0 Å². The Balaban J connectivity index is 1.28. The van der Waals surface area contributed by atoms with Gasteiger partial charge in [0, 0.05) is 49.9 Å². The van der Waals surface area contributed by atoms with Gasteiger partial charge in [-0.25, -0.2) is 4.79 Å². The molecular weight excluding hydrogens is 378 g/mol. The monoisotopic (exact) mass is 403 g/mol. The molecule has 2 aromatic heterocycles. The molecule has 0 saturated carbocycles. The molecule has 1 aliphatic heterocycles. The van der Waals surface area contributed by atoms with Crippen molar-refractivity contribution in [3.8, 4) is 0 Å². The number of carbonyl (C=O) groups is 1. The van der Waals surface area contributed by atoms with Crippen LogP contribution in [0.15, 0.2) is 60.9 Å². The minimum atomic E-state index is -0.0677. The van der Waals surface area contributed by atoms with Crippen molar-refractivity contribution in [3.63, 3.8) is 0 Å². The number of nitrogens with one attached hydrogen (secondary N) is 2. The molecule has 30 heavy (non-hydrogen) atoms. The van der Waals surface area contributed by atoms with Gasteiger partial charge in [0.2, 0.25) is 0 Å². The van der Waals surface area contributed by atoms with Gasteiger partial charge in [-0.05, 0) is 48.4 Å². The third-order valence-corrected chi connectivity index (χ3v) is 5.11. The van der Waals surface area contributed by atoms with Gasteiger partial charge in [-0.15, -0.1) is 10.2 Å². The molecule has 8 nitrogen and oxygen atoms in total. The van der Waals surface area contributed by atoms with Crippen LogP contribution in [0, 0.1) is 0 Å². The van der Waals surface area contributed by atoms with Crippen LogP contribution >= 0.6 is 0 Å². The second kappa shape index (κ2) is 9.21. The zero-order valence-electron chi connectivity index (χ0n) is 17.0. The molecule has 8 heteroatoms. The van der Waals surface area contributed by atoms with Gasteiger partial charge >= 0.3 is 6.03 Å². The molecular formula is C22H25N7O. The lowest BCUT2D eigenvalue weighted by Gasteiger charge is -2.35. The van der Waals surface area contributed by atoms with Crippen molar-refractivity contribution in [1.29, 1.82) is 0 Å². The molecule has 1 aromatic carbocycles. The maximum absolute atomic E-state index is 12.5. The van der Waals surface area contributed by atoms with Crippen LogP contribution in [0.3, 0.4) is 0 Å². The first kappa shape index (κ1) is 19.6. The normalized spacial score (nSPS) is 13.8. The van der Waals surface area contributed by atoms with Crippen molar-refractivity contribution < 1.29 is 4.79 Å². The third-order valence-electron chi connectivity index (χ3n) is 5.11. The Morgan fingerprint density at radius 3 is 2.27 bits per heavy atom. The van der Waals surface area contributed by atoms with Crippen LogP contribution in [0.5, 0.6) is 0 Å². The van der Waals surface area contributed by atoms with E-state index in [9.17, 15) is 4.79 Å². The molecule has 0 bridgehead atoms. The van der Waals surface area contributed by atoms with E-state index in [1.54, 1.807) is 12.4 Å². The van der Waals surface area contributed by atoms with Crippen LogP contribution in [-0.2, 0) is 6.42 Å². The molecule has 0 radical (unpaired) electrons. The van der Waals surface area contributed by atoms with Crippen LogP contribution in [0.2, 0.25) is 0 Å². The highest BCUT2D eigenvalue weighted by atomic mass is 16.2. The SMILES string of the molecule is CCc1ccc(NC(=O)N2CCN(c3ccc(Nc4ccncc4)nn3)CC2)cc1. The molecule has 3 heterocycles. The Kier molecular flexibility index (Phi) is 6.03. The second-order valence-electron chi connectivity index (χ2n) is 7.09. The lowest BCUT2D eigenvalue weighted by Crippen LogP contribution is -2.50. The maximum atomic E-state index is 12.5. The van der Waals surface area contributed by atoms with E-state index in [1.165, 1.54) is 5.56 Å². The summed E-state index contributed by atoms with van der Waals surface area (Å²) in [7, 11) is 0. The minimum Gasteiger partial charge on any atom is -0.352 e. The largest absolute Gasteiger partial charge is 0.352 e. The van der Waals surface area contributed by atoms with Gasteiger partial charge in [-0.1, -0.05) is 19.1 Å². The summed E-state index contributed by atoms with van der Waals surface area (Å²) in [4.78, 5) is 20.5. The molecule has 0 atom stereocenters. The Morgan fingerprint density at radius 1 is 0.900 bits per heavy atom. The predicted molar refractivity (Wildman–Crippen MR) is 118 cm³/mol. The van der Waals surface area contributed by atoms with Crippen LogP contribution in [0.1, 0.15) is 12.5 Å². The van der Waals surface area contributed by atoms with Gasteiger partial charge in [0.05, 0.1) is 0 Å². The van der Waals surface area contributed by atoms with Gasteiger partial charge in [0.15, 0.2) is 11.6 Å². The standard InChI is InChI=1S/C22H25N7O/c1-2-17-3-5-18(6-4-17)25-22(30)29-15-13-28(14-16-29)21-8-7-20(26-27-21)24-19-9-11-23-12-10-19/h3-12H,2,13-16H2,1H3,(H,25,30)(H,23,24,26). The number of pyridine rings is 1. The van der Waals surface area contributed by atoms with Crippen molar-refractivity contribution in [1.82, 2.24) is 20.1 Å². The fraction of sp³-hybridized carbons (Fsp3) is 0.273. The zero-order valence-corrected chi connectivity index (χ0v) is 17.0. The first-order chi connectivity index (χ1) is 14.7. The number of rotatable bonds is 5. The number of anilines is 4. The fourth-order valence-corrected chi connectivity index (χ4v) is 3.31. The van der Waals surface area contributed by atoms with E-state index >= 15 is 0 Å². The van der Waals surface area contributed by atoms with E-state index in [0.29, 0.717) is 32.0 Å². The topological polar surface area (TPSA) is 86.3 Å². The van der Waals surface area contributed by atoms with E-state index < -0.39 is 0 Å². The lowest BCUT2D eigenvalue weighted by atomic mass is 10.1. The zero-order chi connectivity index (χ0) is 20.8. The van der Waals surface area contributed by atoms with Crippen LogP contribution in [0.4, 0.5) is 27.8 Å². The Hall–Kier alpha value is -3.68. The molecule has 0 spiro atoms. The number of nitrogens with zero attached hydrogens (tertiary/aromatic N) is 5. The quantitative estimate of drug-likeness (QED) is 0.678. The number of hydrogen-bond acceptors (Lipinski definition) is 6. The van der Waals surface area contributed by atoms with E-state index in [-0.39, 0.29) is 6.03 Å². The second-order valence-corrected chi connectivity index (χ2v) is 7.09. The highest BCUT2D eigenvalue weighted by molar-refractivity contribution is 5.89. The molecule has 0 unspecified atom stereocenters. The first-order valence-electron chi connectivity index (χ1n) is 10.1. The predicted octanol–water partition coefficient (Wildman–Crippen LogP) is 3.53. The molecule has 2 amide bonds. The Bertz CT molecular complexity index is 953. The summed E-state index contributed by atoms with van der Waals surface area (Å²) in [5, 5.41) is 14.8. The molecule has 0 aliphatic carbocycles. The average molecular weight is 403 g/mol. The van der Waals surface area contributed by atoms with Crippen LogP contribution in [-0.4, -0.2) is 52.3 Å². The summed E-state index contributed by atoms with van der Waals surface area (Å²) in [5.41, 5.74) is 2.99. The van der Waals surface area contributed by atoms with Crippen molar-refractivity contribution in [2.45, 2.75) is 13.3 Å². The number of aryl methyl sites for hydroxylation is 1. The molecule has 1 aliphatic rings. The molecule has 1 fully saturated rings. The summed E-state index contributed by atoms with van der Waals surface area (Å²) in [6.07, 6.45) is 4.43. The van der Waals surface area contributed by atoms with E-state index in [1.807, 2.05) is 53.4 Å². The number of urea groups is 1. The van der Waals surface area contributed by atoms with Gasteiger partial charge < -0.3 is 20.4 Å².